The summed E-state index contributed by atoms with van der Waals surface area (Å²) in [6, 6.07) is 1.80. The quantitative estimate of drug-likeness (QED) is 0.616. The Hall–Kier alpha value is 0.394. The molecule has 0 spiro atoms. The van der Waals surface area contributed by atoms with Gasteiger partial charge in [-0.3, -0.25) is 0 Å². The molecule has 1 nitrogen and oxygen atoms in total. The van der Waals surface area contributed by atoms with Crippen LogP contribution in [0.4, 0.5) is 0 Å². The molecule has 1 aliphatic rings. The minimum atomic E-state index is -0.741. The van der Waals surface area contributed by atoms with Gasteiger partial charge in [0.25, 0.3) is 0 Å². The lowest BCUT2D eigenvalue weighted by Crippen LogP contribution is -2.48. The summed E-state index contributed by atoms with van der Waals surface area (Å²) in [6.45, 7) is 12.4. The van der Waals surface area contributed by atoms with Crippen LogP contribution in [-0.4, -0.2) is 33.4 Å². The largest absolute Gasteiger partial charge is 0.326 e. The van der Waals surface area contributed by atoms with Crippen LogP contribution in [0.2, 0.25) is 19.6 Å². The zero-order valence-corrected chi connectivity index (χ0v) is 11.6. The first-order valence-electron chi connectivity index (χ1n) is 5.16. The molecule has 1 fully saturated rings. The van der Waals surface area contributed by atoms with E-state index in [1.165, 1.54) is 12.8 Å². The van der Waals surface area contributed by atoms with Gasteiger partial charge in [-0.2, -0.15) is 0 Å². The van der Waals surface area contributed by atoms with E-state index in [-0.39, 0.29) is 9.20 Å². The summed E-state index contributed by atoms with van der Waals surface area (Å²) < 4.78 is 2.85. The van der Waals surface area contributed by atoms with Crippen molar-refractivity contribution in [3.8, 4) is 0 Å². The molecule has 0 aromatic rings. The third-order valence-corrected chi connectivity index (χ3v) is 9.29. The molecule has 1 rings (SSSR count). The molecule has 1 aliphatic heterocycles. The summed E-state index contributed by atoms with van der Waals surface area (Å²) in [4.78, 5) is 0. The Morgan fingerprint density at radius 3 is 1.83 bits per heavy atom. The molecule has 1 saturated heterocycles. The lowest BCUT2D eigenvalue weighted by Gasteiger charge is -2.31. The fourth-order valence-electron chi connectivity index (χ4n) is 2.11. The molecule has 0 bridgehead atoms. The van der Waals surface area contributed by atoms with E-state index >= 15 is 0 Å². The highest BCUT2D eigenvalue weighted by atomic mass is 29.2. The van der Waals surface area contributed by atoms with E-state index in [4.69, 9.17) is 0 Å². The van der Waals surface area contributed by atoms with Crippen LogP contribution in [0, 0.1) is 0 Å². The molecular formula is C9H23NSi2. The standard InChI is InChI=1S/C9H23NSi2/c1-8-6-7-9(2)10(8)11-12(3,4)5/h8-9H,6-7,11H2,1-5H3. The molecule has 0 aromatic heterocycles. The van der Waals surface area contributed by atoms with E-state index in [0.717, 1.165) is 12.1 Å². The normalized spacial score (nSPS) is 33.8. The second-order valence-electron chi connectivity index (χ2n) is 5.51. The summed E-state index contributed by atoms with van der Waals surface area (Å²) >= 11 is 0. The van der Waals surface area contributed by atoms with E-state index in [1.54, 1.807) is 0 Å². The number of hydrogen-bond acceptors (Lipinski definition) is 1. The first kappa shape index (κ1) is 10.5. The molecule has 72 valence electrons. The predicted molar refractivity (Wildman–Crippen MR) is 61.9 cm³/mol. The molecule has 12 heavy (non-hydrogen) atoms. The maximum atomic E-state index is 2.85. The van der Waals surface area contributed by atoms with E-state index in [9.17, 15) is 0 Å². The van der Waals surface area contributed by atoms with Gasteiger partial charge in [-0.05, 0) is 24.9 Å². The van der Waals surface area contributed by atoms with Crippen LogP contribution >= 0.6 is 0 Å². The van der Waals surface area contributed by atoms with Crippen LogP contribution in [-0.2, 0) is 0 Å². The van der Waals surface area contributed by atoms with Crippen LogP contribution in [0.3, 0.4) is 0 Å². The smallest absolute Gasteiger partial charge is 0.0869 e. The van der Waals surface area contributed by atoms with Crippen LogP contribution in [0.1, 0.15) is 26.7 Å². The molecule has 0 N–H and O–H groups in total. The average Bonchev–Trinajstić information content (AvgIpc) is 2.16. The van der Waals surface area contributed by atoms with Gasteiger partial charge in [0, 0.05) is 7.59 Å². The fraction of sp³-hybridized carbons (Fsp3) is 1.00. The molecule has 0 aromatic carbocycles. The Labute approximate surface area is 80.2 Å². The van der Waals surface area contributed by atoms with E-state index in [0.29, 0.717) is 0 Å². The molecule has 3 heteroatoms. The van der Waals surface area contributed by atoms with E-state index in [2.05, 4.69) is 38.1 Å². The van der Waals surface area contributed by atoms with Crippen molar-refractivity contribution in [2.24, 2.45) is 0 Å². The molecule has 2 unspecified atom stereocenters. The molecule has 2 atom stereocenters. The van der Waals surface area contributed by atoms with Crippen molar-refractivity contribution >= 4 is 16.8 Å². The Bertz CT molecular complexity index is 143. The zero-order valence-electron chi connectivity index (χ0n) is 9.22. The fourth-order valence-corrected chi connectivity index (χ4v) is 9.35. The van der Waals surface area contributed by atoms with Crippen molar-refractivity contribution in [1.82, 2.24) is 4.57 Å². The molecule has 0 aliphatic carbocycles. The second-order valence-corrected chi connectivity index (χ2v) is 19.0. The zero-order chi connectivity index (χ0) is 9.35. The second kappa shape index (κ2) is 3.64. The molecule has 0 radical (unpaired) electrons. The van der Waals surface area contributed by atoms with Crippen molar-refractivity contribution in [2.75, 3.05) is 0 Å². The topological polar surface area (TPSA) is 3.24 Å². The van der Waals surface area contributed by atoms with E-state index < -0.39 is 7.59 Å². The Morgan fingerprint density at radius 2 is 1.50 bits per heavy atom. The summed E-state index contributed by atoms with van der Waals surface area (Å²) in [5, 5.41) is 0. The number of rotatable bonds is 2. The van der Waals surface area contributed by atoms with Crippen molar-refractivity contribution < 1.29 is 0 Å². The Balaban J connectivity index is 2.50. The van der Waals surface area contributed by atoms with Crippen LogP contribution < -0.4 is 0 Å². The van der Waals surface area contributed by atoms with Crippen molar-refractivity contribution in [3.63, 3.8) is 0 Å². The monoisotopic (exact) mass is 201 g/mol. The van der Waals surface area contributed by atoms with Crippen molar-refractivity contribution in [1.29, 1.82) is 0 Å². The van der Waals surface area contributed by atoms with Gasteiger partial charge in [0.1, 0.15) is 0 Å². The maximum absolute atomic E-state index is 2.85. The summed E-state index contributed by atoms with van der Waals surface area (Å²) in [7, 11) is -0.638. The molecule has 0 amide bonds. The van der Waals surface area contributed by atoms with Gasteiger partial charge < -0.3 is 4.57 Å². The van der Waals surface area contributed by atoms with Crippen LogP contribution in [0.25, 0.3) is 0 Å². The molecular weight excluding hydrogens is 178 g/mol. The third kappa shape index (κ3) is 2.71. The first-order valence-corrected chi connectivity index (χ1v) is 11.6. The Kier molecular flexibility index (Phi) is 3.18. The molecule has 0 saturated carbocycles. The van der Waals surface area contributed by atoms with Gasteiger partial charge in [0.2, 0.25) is 0 Å². The lowest BCUT2D eigenvalue weighted by molar-refractivity contribution is 0.373. The van der Waals surface area contributed by atoms with Crippen molar-refractivity contribution in [3.05, 3.63) is 0 Å². The highest BCUT2D eigenvalue weighted by Crippen LogP contribution is 2.23. The first-order chi connectivity index (χ1) is 5.40. The van der Waals surface area contributed by atoms with Gasteiger partial charge in [-0.25, -0.2) is 0 Å². The van der Waals surface area contributed by atoms with Crippen LogP contribution in [0.5, 0.6) is 0 Å². The van der Waals surface area contributed by atoms with Gasteiger partial charge in [-0.1, -0.05) is 33.5 Å². The van der Waals surface area contributed by atoms with Crippen LogP contribution in [0.15, 0.2) is 0 Å². The van der Waals surface area contributed by atoms with Gasteiger partial charge in [0.05, 0.1) is 9.20 Å². The minimum Gasteiger partial charge on any atom is -0.326 e. The SMILES string of the molecule is CC1CCC(C)N1[SiH2][Si](C)(C)C. The van der Waals surface area contributed by atoms with Gasteiger partial charge >= 0.3 is 0 Å². The highest BCUT2D eigenvalue weighted by Gasteiger charge is 2.30. The third-order valence-electron chi connectivity index (χ3n) is 2.79. The highest BCUT2D eigenvalue weighted by molar-refractivity contribution is 7.22. The van der Waals surface area contributed by atoms with Gasteiger partial charge in [0.15, 0.2) is 0 Å². The summed E-state index contributed by atoms with van der Waals surface area (Å²) in [5.74, 6) is 0. The number of hydrogen-bond donors (Lipinski definition) is 0. The summed E-state index contributed by atoms with van der Waals surface area (Å²) in [6.07, 6.45) is 2.89. The Morgan fingerprint density at radius 1 is 1.08 bits per heavy atom. The van der Waals surface area contributed by atoms with E-state index in [1.807, 2.05) is 0 Å². The summed E-state index contributed by atoms with van der Waals surface area (Å²) in [5.41, 5.74) is 0. The van der Waals surface area contributed by atoms with Crippen molar-refractivity contribution in [2.45, 2.75) is 58.4 Å². The molecule has 1 heterocycles. The number of nitrogens with zero attached hydrogens (tertiary/aromatic N) is 1. The lowest BCUT2D eigenvalue weighted by atomic mass is 10.2. The predicted octanol–water partition coefficient (Wildman–Crippen LogP) is 1.78. The average molecular weight is 201 g/mol. The van der Waals surface area contributed by atoms with Gasteiger partial charge in [-0.15, -0.1) is 0 Å². The maximum Gasteiger partial charge on any atom is 0.0869 e. The minimum absolute atomic E-state index is 0.103.